The molecule has 2 unspecified atom stereocenters. The van der Waals surface area contributed by atoms with Gasteiger partial charge >= 0.3 is 6.09 Å². The highest BCUT2D eigenvalue weighted by Crippen LogP contribution is 2.38. The van der Waals surface area contributed by atoms with Crippen molar-refractivity contribution in [2.45, 2.75) is 44.1 Å². The zero-order valence-electron chi connectivity index (χ0n) is 19.8. The van der Waals surface area contributed by atoms with Gasteiger partial charge in [-0.05, 0) is 61.8 Å². The molecule has 3 amide bonds. The lowest BCUT2D eigenvalue weighted by atomic mass is 9.81. The van der Waals surface area contributed by atoms with Gasteiger partial charge in [0.05, 0.1) is 5.56 Å². The summed E-state index contributed by atoms with van der Waals surface area (Å²) in [6, 6.07) is 14.5. The molecule has 9 heteroatoms. The first-order chi connectivity index (χ1) is 17.4. The van der Waals surface area contributed by atoms with E-state index < -0.39 is 23.9 Å². The van der Waals surface area contributed by atoms with E-state index in [-0.39, 0.29) is 34.9 Å². The van der Waals surface area contributed by atoms with Gasteiger partial charge in [0.2, 0.25) is 11.8 Å². The molecule has 1 heterocycles. The van der Waals surface area contributed by atoms with Crippen LogP contribution in [0.4, 0.5) is 14.9 Å². The molecule has 4 rings (SSSR count). The molecule has 3 N–H and O–H groups in total. The Balaban J connectivity index is 1.51. The summed E-state index contributed by atoms with van der Waals surface area (Å²) >= 11 is 0. The Morgan fingerprint density at radius 1 is 1.06 bits per heavy atom. The van der Waals surface area contributed by atoms with Crippen LogP contribution in [-0.4, -0.2) is 47.0 Å². The zero-order chi connectivity index (χ0) is 25.7. The fraction of sp³-hybridized carbons (Fsp3) is 0.407. The van der Waals surface area contributed by atoms with Crippen LogP contribution < -0.4 is 10.6 Å². The average Bonchev–Trinajstić information content (AvgIpc) is 3.33. The quantitative estimate of drug-likeness (QED) is 0.561. The van der Waals surface area contributed by atoms with Crippen molar-refractivity contribution in [1.29, 1.82) is 5.26 Å². The van der Waals surface area contributed by atoms with Gasteiger partial charge in [-0.1, -0.05) is 30.3 Å². The predicted molar refractivity (Wildman–Crippen MR) is 131 cm³/mol. The monoisotopic (exact) mass is 492 g/mol. The molecule has 2 aromatic rings. The van der Waals surface area contributed by atoms with E-state index in [1.54, 1.807) is 11.0 Å². The molecular weight excluding hydrogens is 463 g/mol. The van der Waals surface area contributed by atoms with Crippen molar-refractivity contribution < 1.29 is 23.9 Å². The Morgan fingerprint density at radius 3 is 2.42 bits per heavy atom. The maximum atomic E-state index is 14.1. The maximum absolute atomic E-state index is 14.1. The number of carbonyl (C=O) groups is 3. The van der Waals surface area contributed by atoms with E-state index in [9.17, 15) is 18.8 Å². The SMILES string of the molecule is N#Cc1ccc(NC(=O)C2C(c3ccccc3)CCN2C(=O)C2CCC(CNC(=O)O)CC2)cc1F. The van der Waals surface area contributed by atoms with Crippen LogP contribution in [0.2, 0.25) is 0 Å². The molecule has 0 spiro atoms. The zero-order valence-corrected chi connectivity index (χ0v) is 19.8. The molecule has 8 nitrogen and oxygen atoms in total. The summed E-state index contributed by atoms with van der Waals surface area (Å²) < 4.78 is 14.1. The molecule has 1 aliphatic carbocycles. The Labute approximate surface area is 209 Å². The molecule has 2 aliphatic rings. The van der Waals surface area contributed by atoms with Gasteiger partial charge in [-0.25, -0.2) is 9.18 Å². The molecule has 1 saturated heterocycles. The number of hydrogen-bond donors (Lipinski definition) is 3. The number of anilines is 1. The largest absolute Gasteiger partial charge is 0.465 e. The minimum atomic E-state index is -1.05. The summed E-state index contributed by atoms with van der Waals surface area (Å²) in [5.41, 5.74) is 1.08. The highest BCUT2D eigenvalue weighted by Gasteiger charge is 2.44. The first-order valence-electron chi connectivity index (χ1n) is 12.2. The third-order valence-electron chi connectivity index (χ3n) is 7.27. The first-order valence-corrected chi connectivity index (χ1v) is 12.2. The topological polar surface area (TPSA) is 123 Å². The van der Waals surface area contributed by atoms with Crippen molar-refractivity contribution >= 4 is 23.6 Å². The van der Waals surface area contributed by atoms with Crippen LogP contribution in [0.25, 0.3) is 0 Å². The van der Waals surface area contributed by atoms with Gasteiger partial charge in [0.15, 0.2) is 0 Å². The van der Waals surface area contributed by atoms with Crippen molar-refractivity contribution in [1.82, 2.24) is 10.2 Å². The normalized spacial score (nSPS) is 23.5. The summed E-state index contributed by atoms with van der Waals surface area (Å²) in [7, 11) is 0. The number of likely N-dealkylation sites (tertiary alicyclic amines) is 1. The summed E-state index contributed by atoms with van der Waals surface area (Å²) in [4.78, 5) is 39.5. The number of nitriles is 1. The van der Waals surface area contributed by atoms with E-state index in [1.807, 2.05) is 30.3 Å². The molecular formula is C27H29FN4O4. The second-order valence-electron chi connectivity index (χ2n) is 9.48. The van der Waals surface area contributed by atoms with Crippen molar-refractivity contribution in [3.05, 3.63) is 65.5 Å². The van der Waals surface area contributed by atoms with E-state index in [0.717, 1.165) is 24.5 Å². The molecule has 188 valence electrons. The number of hydrogen-bond acceptors (Lipinski definition) is 4. The van der Waals surface area contributed by atoms with Crippen LogP contribution in [0.15, 0.2) is 48.5 Å². The lowest BCUT2D eigenvalue weighted by Gasteiger charge is -2.33. The van der Waals surface area contributed by atoms with E-state index in [2.05, 4.69) is 10.6 Å². The van der Waals surface area contributed by atoms with Gasteiger partial charge in [0.1, 0.15) is 17.9 Å². The summed E-state index contributed by atoms with van der Waals surface area (Å²) in [6.45, 7) is 0.820. The second-order valence-corrected chi connectivity index (χ2v) is 9.48. The van der Waals surface area contributed by atoms with Gasteiger partial charge in [0, 0.05) is 30.6 Å². The standard InChI is InChI=1S/C27H29FN4O4/c28-23-14-21(11-10-20(23)15-29)31-25(33)24-22(18-4-2-1-3-5-18)12-13-32(24)26(34)19-8-6-17(7-9-19)16-30-27(35)36/h1-5,10-11,14,17,19,22,24,30H,6-9,12-13,16H2,(H,31,33)(H,35,36). The second kappa shape index (κ2) is 11.2. The summed E-state index contributed by atoms with van der Waals surface area (Å²) in [6.07, 6.45) is 2.36. The van der Waals surface area contributed by atoms with Crippen LogP contribution in [0, 0.1) is 29.0 Å². The fourth-order valence-electron chi connectivity index (χ4n) is 5.39. The number of amides is 3. The van der Waals surface area contributed by atoms with Gasteiger partial charge in [-0.15, -0.1) is 0 Å². The Bertz CT molecular complexity index is 1160. The minimum Gasteiger partial charge on any atom is -0.465 e. The number of benzene rings is 2. The van der Waals surface area contributed by atoms with Gasteiger partial charge < -0.3 is 20.6 Å². The van der Waals surface area contributed by atoms with Crippen molar-refractivity contribution in [3.63, 3.8) is 0 Å². The molecule has 0 bridgehead atoms. The highest BCUT2D eigenvalue weighted by atomic mass is 19.1. The Kier molecular flexibility index (Phi) is 7.84. The van der Waals surface area contributed by atoms with Crippen LogP contribution in [0.5, 0.6) is 0 Å². The van der Waals surface area contributed by atoms with Crippen LogP contribution in [-0.2, 0) is 9.59 Å². The summed E-state index contributed by atoms with van der Waals surface area (Å²) in [5, 5.41) is 23.0. The number of carboxylic acid groups (broad SMARTS) is 1. The molecule has 0 radical (unpaired) electrons. The van der Waals surface area contributed by atoms with Crippen LogP contribution in [0.1, 0.15) is 49.1 Å². The van der Waals surface area contributed by atoms with Crippen molar-refractivity contribution in [2.24, 2.45) is 11.8 Å². The van der Waals surface area contributed by atoms with Crippen LogP contribution in [0.3, 0.4) is 0 Å². The van der Waals surface area contributed by atoms with Crippen molar-refractivity contribution in [2.75, 3.05) is 18.4 Å². The number of rotatable bonds is 6. The smallest absolute Gasteiger partial charge is 0.404 e. The van der Waals surface area contributed by atoms with Gasteiger partial charge in [0.25, 0.3) is 0 Å². The third-order valence-corrected chi connectivity index (χ3v) is 7.27. The van der Waals surface area contributed by atoms with Gasteiger partial charge in [-0.3, -0.25) is 9.59 Å². The molecule has 2 fully saturated rings. The molecule has 0 aromatic heterocycles. The van der Waals surface area contributed by atoms with E-state index in [0.29, 0.717) is 32.4 Å². The van der Waals surface area contributed by atoms with E-state index in [1.165, 1.54) is 12.1 Å². The van der Waals surface area contributed by atoms with E-state index >= 15 is 0 Å². The number of halogens is 1. The minimum absolute atomic E-state index is 0.0655. The molecule has 2 aromatic carbocycles. The fourth-order valence-corrected chi connectivity index (χ4v) is 5.39. The molecule has 1 saturated carbocycles. The third kappa shape index (κ3) is 5.65. The predicted octanol–water partition coefficient (Wildman–Crippen LogP) is 4.09. The molecule has 1 aliphatic heterocycles. The molecule has 36 heavy (non-hydrogen) atoms. The lowest BCUT2D eigenvalue weighted by Crippen LogP contribution is -2.48. The number of carbonyl (C=O) groups excluding carboxylic acids is 2. The first kappa shape index (κ1) is 25.2. The van der Waals surface area contributed by atoms with Gasteiger partial charge in [-0.2, -0.15) is 5.26 Å². The lowest BCUT2D eigenvalue weighted by molar-refractivity contribution is -0.141. The number of nitrogens with one attached hydrogen (secondary N) is 2. The average molecular weight is 493 g/mol. The summed E-state index contributed by atoms with van der Waals surface area (Å²) in [5.74, 6) is -1.39. The number of nitrogens with zero attached hydrogens (tertiary/aromatic N) is 2. The highest BCUT2D eigenvalue weighted by molar-refractivity contribution is 5.98. The Hall–Kier alpha value is -3.93. The van der Waals surface area contributed by atoms with Crippen LogP contribution >= 0.6 is 0 Å². The van der Waals surface area contributed by atoms with Crippen molar-refractivity contribution in [3.8, 4) is 6.07 Å². The molecule has 2 atom stereocenters. The maximum Gasteiger partial charge on any atom is 0.404 e. The Morgan fingerprint density at radius 2 is 1.78 bits per heavy atom. The van der Waals surface area contributed by atoms with E-state index in [4.69, 9.17) is 10.4 Å².